The minimum absolute atomic E-state index is 0.184. The number of ether oxygens (including phenoxy) is 3. The van der Waals surface area contributed by atoms with Gasteiger partial charge in [-0.2, -0.15) is 0 Å². The molecule has 0 bridgehead atoms. The first-order chi connectivity index (χ1) is 7.06. The molecule has 4 nitrogen and oxygen atoms in total. The van der Waals surface area contributed by atoms with Gasteiger partial charge in [-0.1, -0.05) is 6.92 Å². The van der Waals surface area contributed by atoms with Crippen molar-refractivity contribution in [1.82, 2.24) is 0 Å². The van der Waals surface area contributed by atoms with Crippen LogP contribution >= 0.6 is 0 Å². The molecule has 4 heteroatoms. The van der Waals surface area contributed by atoms with Crippen LogP contribution in [-0.4, -0.2) is 38.0 Å². The van der Waals surface area contributed by atoms with Crippen LogP contribution in [0.25, 0.3) is 0 Å². The third-order valence-electron chi connectivity index (χ3n) is 1.65. The molecule has 0 heterocycles. The monoisotopic (exact) mass is 218 g/mol. The van der Waals surface area contributed by atoms with E-state index >= 15 is 0 Å². The first-order valence-electron chi connectivity index (χ1n) is 5.45. The molecule has 0 N–H and O–H groups in total. The molecule has 0 saturated carbocycles. The third kappa shape index (κ3) is 9.69. The van der Waals surface area contributed by atoms with E-state index in [2.05, 4.69) is 0 Å². The number of rotatable bonds is 8. The average Bonchev–Trinajstić information content (AvgIpc) is 2.16. The predicted octanol–water partition coefficient (Wildman–Crippen LogP) is 1.77. The van der Waals surface area contributed by atoms with Gasteiger partial charge in [0.15, 0.2) is 0 Å². The highest BCUT2D eigenvalue weighted by Crippen LogP contribution is 1.95. The molecule has 0 rings (SSSR count). The molecule has 1 unspecified atom stereocenters. The molecule has 0 aliphatic heterocycles. The summed E-state index contributed by atoms with van der Waals surface area (Å²) in [5.74, 6) is -0.190. The Bertz CT molecular complexity index is 168. The van der Waals surface area contributed by atoms with E-state index in [1.165, 1.54) is 0 Å². The van der Waals surface area contributed by atoms with Crippen molar-refractivity contribution in [3.8, 4) is 0 Å². The number of hydrogen-bond acceptors (Lipinski definition) is 4. The number of hydrogen-bond donors (Lipinski definition) is 0. The van der Waals surface area contributed by atoms with Crippen LogP contribution in [0.3, 0.4) is 0 Å². The fourth-order valence-corrected chi connectivity index (χ4v) is 0.934. The van der Waals surface area contributed by atoms with Crippen LogP contribution in [0.2, 0.25) is 0 Å². The standard InChI is InChI=1S/C11H22O4/c1-5-11(12)15-10(4)8-13-6-7-14-9(2)3/h9-10H,5-8H2,1-4H3. The predicted molar refractivity (Wildman–Crippen MR) is 57.8 cm³/mol. The van der Waals surface area contributed by atoms with Crippen LogP contribution in [0.5, 0.6) is 0 Å². The van der Waals surface area contributed by atoms with E-state index in [1.807, 2.05) is 20.8 Å². The molecule has 0 fully saturated rings. The fourth-order valence-electron chi connectivity index (χ4n) is 0.934. The van der Waals surface area contributed by atoms with Gasteiger partial charge >= 0.3 is 5.97 Å². The minimum atomic E-state index is -0.190. The summed E-state index contributed by atoms with van der Waals surface area (Å²) in [5, 5.41) is 0. The van der Waals surface area contributed by atoms with Crippen LogP contribution in [0, 0.1) is 0 Å². The first-order valence-corrected chi connectivity index (χ1v) is 5.45. The Morgan fingerprint density at radius 2 is 1.87 bits per heavy atom. The molecule has 90 valence electrons. The minimum Gasteiger partial charge on any atom is -0.460 e. The Morgan fingerprint density at radius 1 is 1.20 bits per heavy atom. The molecular weight excluding hydrogens is 196 g/mol. The Balaban J connectivity index is 3.31. The molecule has 0 amide bonds. The fraction of sp³-hybridized carbons (Fsp3) is 0.909. The van der Waals surface area contributed by atoms with Crippen molar-refractivity contribution in [1.29, 1.82) is 0 Å². The summed E-state index contributed by atoms with van der Waals surface area (Å²) >= 11 is 0. The van der Waals surface area contributed by atoms with Crippen molar-refractivity contribution in [3.63, 3.8) is 0 Å². The Hall–Kier alpha value is -0.610. The second-order valence-corrected chi connectivity index (χ2v) is 3.65. The van der Waals surface area contributed by atoms with E-state index < -0.39 is 0 Å². The van der Waals surface area contributed by atoms with Gasteiger partial charge in [0.25, 0.3) is 0 Å². The van der Waals surface area contributed by atoms with E-state index in [-0.39, 0.29) is 18.2 Å². The lowest BCUT2D eigenvalue weighted by Crippen LogP contribution is -2.21. The van der Waals surface area contributed by atoms with Crippen LogP contribution in [0.4, 0.5) is 0 Å². The topological polar surface area (TPSA) is 44.8 Å². The molecular formula is C11H22O4. The van der Waals surface area contributed by atoms with Gasteiger partial charge in [-0.3, -0.25) is 4.79 Å². The van der Waals surface area contributed by atoms with E-state index in [0.29, 0.717) is 26.2 Å². The lowest BCUT2D eigenvalue weighted by molar-refractivity contribution is -0.150. The molecule has 0 saturated heterocycles. The van der Waals surface area contributed by atoms with Crippen LogP contribution < -0.4 is 0 Å². The average molecular weight is 218 g/mol. The number of esters is 1. The summed E-state index contributed by atoms with van der Waals surface area (Å²) in [6, 6.07) is 0. The summed E-state index contributed by atoms with van der Waals surface area (Å²) in [6.07, 6.45) is 0.446. The quantitative estimate of drug-likeness (QED) is 0.460. The zero-order valence-electron chi connectivity index (χ0n) is 10.1. The lowest BCUT2D eigenvalue weighted by atomic mass is 10.4. The largest absolute Gasteiger partial charge is 0.460 e. The summed E-state index contributed by atoms with van der Waals surface area (Å²) in [5.41, 5.74) is 0. The summed E-state index contributed by atoms with van der Waals surface area (Å²) in [4.78, 5) is 10.9. The van der Waals surface area contributed by atoms with Gasteiger partial charge < -0.3 is 14.2 Å². The summed E-state index contributed by atoms with van der Waals surface area (Å²) < 4.78 is 15.6. The van der Waals surface area contributed by atoms with Gasteiger partial charge in [-0.25, -0.2) is 0 Å². The second-order valence-electron chi connectivity index (χ2n) is 3.65. The molecule has 0 aliphatic carbocycles. The molecule has 15 heavy (non-hydrogen) atoms. The second kappa shape index (κ2) is 8.68. The summed E-state index contributed by atoms with van der Waals surface area (Å²) in [6.45, 7) is 9.08. The normalized spacial score (nSPS) is 12.9. The summed E-state index contributed by atoms with van der Waals surface area (Å²) in [7, 11) is 0. The van der Waals surface area contributed by atoms with E-state index in [0.717, 1.165) is 0 Å². The van der Waals surface area contributed by atoms with Crippen LogP contribution in [0.1, 0.15) is 34.1 Å². The van der Waals surface area contributed by atoms with Gasteiger partial charge in [0.2, 0.25) is 0 Å². The zero-order valence-corrected chi connectivity index (χ0v) is 10.1. The van der Waals surface area contributed by atoms with Gasteiger partial charge in [0.1, 0.15) is 6.10 Å². The van der Waals surface area contributed by atoms with E-state index in [9.17, 15) is 4.79 Å². The van der Waals surface area contributed by atoms with Crippen molar-refractivity contribution in [2.45, 2.75) is 46.3 Å². The molecule has 0 aromatic carbocycles. The number of carbonyl (C=O) groups is 1. The maximum Gasteiger partial charge on any atom is 0.305 e. The number of carbonyl (C=O) groups excluding carboxylic acids is 1. The van der Waals surface area contributed by atoms with Gasteiger partial charge in [-0.05, 0) is 20.8 Å². The Morgan fingerprint density at radius 3 is 2.40 bits per heavy atom. The van der Waals surface area contributed by atoms with Crippen molar-refractivity contribution in [2.75, 3.05) is 19.8 Å². The smallest absolute Gasteiger partial charge is 0.305 e. The van der Waals surface area contributed by atoms with Crippen LogP contribution in [-0.2, 0) is 19.0 Å². The van der Waals surface area contributed by atoms with Crippen LogP contribution in [0.15, 0.2) is 0 Å². The molecule has 0 spiro atoms. The molecule has 0 aromatic rings. The highest BCUT2D eigenvalue weighted by molar-refractivity contribution is 5.69. The van der Waals surface area contributed by atoms with Crippen molar-refractivity contribution >= 4 is 5.97 Å². The van der Waals surface area contributed by atoms with Crippen molar-refractivity contribution in [3.05, 3.63) is 0 Å². The highest BCUT2D eigenvalue weighted by atomic mass is 16.6. The molecule has 0 aliphatic rings. The molecule has 0 radical (unpaired) electrons. The SMILES string of the molecule is CCC(=O)OC(C)COCCOC(C)C. The van der Waals surface area contributed by atoms with Crippen molar-refractivity contribution < 1.29 is 19.0 Å². The van der Waals surface area contributed by atoms with Gasteiger partial charge in [-0.15, -0.1) is 0 Å². The molecule has 1 atom stereocenters. The first kappa shape index (κ1) is 14.4. The lowest BCUT2D eigenvalue weighted by Gasteiger charge is -2.13. The maximum atomic E-state index is 10.9. The third-order valence-corrected chi connectivity index (χ3v) is 1.65. The molecule has 0 aromatic heterocycles. The van der Waals surface area contributed by atoms with E-state index in [1.54, 1.807) is 6.92 Å². The van der Waals surface area contributed by atoms with Gasteiger partial charge in [0.05, 0.1) is 25.9 Å². The zero-order chi connectivity index (χ0) is 11.7. The van der Waals surface area contributed by atoms with Crippen molar-refractivity contribution in [2.24, 2.45) is 0 Å². The van der Waals surface area contributed by atoms with Gasteiger partial charge in [0, 0.05) is 6.42 Å². The highest BCUT2D eigenvalue weighted by Gasteiger charge is 2.07. The Kier molecular flexibility index (Phi) is 8.33. The maximum absolute atomic E-state index is 10.9. The Labute approximate surface area is 91.9 Å². The van der Waals surface area contributed by atoms with E-state index in [4.69, 9.17) is 14.2 Å².